The molecule has 2 aromatic rings. The molecule has 2 heterocycles. The van der Waals surface area contributed by atoms with Crippen LogP contribution in [0.4, 0.5) is 13.2 Å². The number of aromatic amines is 1. The Labute approximate surface area is 147 Å². The zero-order valence-corrected chi connectivity index (χ0v) is 13.9. The Hall–Kier alpha value is -2.84. The molecule has 1 aliphatic heterocycles. The van der Waals surface area contributed by atoms with E-state index < -0.39 is 11.9 Å². The molecule has 0 spiro atoms. The third-order valence-electron chi connectivity index (χ3n) is 4.17. The number of carbonyl (C=O) groups is 2. The van der Waals surface area contributed by atoms with Crippen molar-refractivity contribution in [2.45, 2.75) is 25.6 Å². The number of aromatic nitrogens is 2. The molecule has 1 aromatic heterocycles. The fourth-order valence-electron chi connectivity index (χ4n) is 2.96. The van der Waals surface area contributed by atoms with E-state index in [1.165, 1.54) is 13.0 Å². The molecular formula is C17H17F3N4O2. The monoisotopic (exact) mass is 366 g/mol. The Kier molecular flexibility index (Phi) is 4.71. The van der Waals surface area contributed by atoms with E-state index in [9.17, 15) is 22.8 Å². The van der Waals surface area contributed by atoms with Gasteiger partial charge in [0.2, 0.25) is 5.91 Å². The van der Waals surface area contributed by atoms with E-state index >= 15 is 0 Å². The lowest BCUT2D eigenvalue weighted by Gasteiger charge is -2.17. The normalized spacial score (nSPS) is 17.4. The number of benzene rings is 1. The maximum atomic E-state index is 12.7. The summed E-state index contributed by atoms with van der Waals surface area (Å²) in [5, 5.41) is 8.42. The number of H-pyrrole nitrogens is 1. The van der Waals surface area contributed by atoms with Gasteiger partial charge in [-0.2, -0.15) is 18.3 Å². The largest absolute Gasteiger partial charge is 0.432 e. The van der Waals surface area contributed by atoms with Crippen LogP contribution in [0.1, 0.15) is 29.4 Å². The Bertz CT molecular complexity index is 831. The van der Waals surface area contributed by atoms with E-state index in [4.69, 9.17) is 0 Å². The van der Waals surface area contributed by atoms with Gasteiger partial charge in [-0.15, -0.1) is 0 Å². The summed E-state index contributed by atoms with van der Waals surface area (Å²) >= 11 is 0. The first-order chi connectivity index (χ1) is 12.2. The lowest BCUT2D eigenvalue weighted by Crippen LogP contribution is -2.37. The topological polar surface area (TPSA) is 78.1 Å². The molecule has 0 unspecified atom stereocenters. The van der Waals surface area contributed by atoms with Gasteiger partial charge in [0, 0.05) is 37.2 Å². The van der Waals surface area contributed by atoms with Crippen molar-refractivity contribution < 1.29 is 22.8 Å². The summed E-state index contributed by atoms with van der Waals surface area (Å²) < 4.78 is 38.1. The highest BCUT2D eigenvalue weighted by molar-refractivity contribution is 5.95. The highest BCUT2D eigenvalue weighted by Gasteiger charge is 2.33. The van der Waals surface area contributed by atoms with Crippen molar-refractivity contribution in [3.63, 3.8) is 0 Å². The molecule has 1 fully saturated rings. The van der Waals surface area contributed by atoms with Gasteiger partial charge in [0.15, 0.2) is 0 Å². The van der Waals surface area contributed by atoms with Crippen molar-refractivity contribution in [3.8, 4) is 11.3 Å². The lowest BCUT2D eigenvalue weighted by atomic mass is 10.1. The third kappa shape index (κ3) is 3.87. The van der Waals surface area contributed by atoms with Crippen LogP contribution in [0.25, 0.3) is 11.3 Å². The number of nitrogens with zero attached hydrogens (tertiary/aromatic N) is 2. The molecule has 1 atom stereocenters. The summed E-state index contributed by atoms with van der Waals surface area (Å²) in [4.78, 5) is 25.4. The zero-order chi connectivity index (χ0) is 18.9. The molecule has 1 aliphatic rings. The van der Waals surface area contributed by atoms with E-state index in [0.717, 1.165) is 6.07 Å². The Morgan fingerprint density at radius 2 is 2.08 bits per heavy atom. The first kappa shape index (κ1) is 18.0. The molecule has 0 saturated carbocycles. The summed E-state index contributed by atoms with van der Waals surface area (Å²) in [5.41, 5.74) is -0.0471. The van der Waals surface area contributed by atoms with Gasteiger partial charge in [-0.3, -0.25) is 14.7 Å². The first-order valence-electron chi connectivity index (χ1n) is 8.03. The smallest absolute Gasteiger partial charge is 0.352 e. The molecule has 9 heteroatoms. The van der Waals surface area contributed by atoms with Gasteiger partial charge in [0.25, 0.3) is 5.91 Å². The fraction of sp³-hybridized carbons (Fsp3) is 0.353. The highest BCUT2D eigenvalue weighted by atomic mass is 19.4. The second-order valence-corrected chi connectivity index (χ2v) is 6.18. The minimum absolute atomic E-state index is 0.0830. The fourth-order valence-corrected chi connectivity index (χ4v) is 2.96. The van der Waals surface area contributed by atoms with Crippen LogP contribution in [0.15, 0.2) is 30.3 Å². The Morgan fingerprint density at radius 3 is 2.73 bits per heavy atom. The molecule has 2 N–H and O–H groups in total. The number of amides is 2. The summed E-state index contributed by atoms with van der Waals surface area (Å²) in [7, 11) is 0. The van der Waals surface area contributed by atoms with Gasteiger partial charge in [-0.25, -0.2) is 0 Å². The van der Waals surface area contributed by atoms with Crippen LogP contribution in [0.3, 0.4) is 0 Å². The predicted molar refractivity (Wildman–Crippen MR) is 87.2 cm³/mol. The third-order valence-corrected chi connectivity index (χ3v) is 4.17. The number of carbonyl (C=O) groups excluding carboxylic acids is 2. The van der Waals surface area contributed by atoms with Gasteiger partial charge in [-0.05, 0) is 24.6 Å². The molecule has 138 valence electrons. The number of hydrogen-bond acceptors (Lipinski definition) is 3. The van der Waals surface area contributed by atoms with E-state index in [2.05, 4.69) is 10.4 Å². The molecule has 0 bridgehead atoms. The van der Waals surface area contributed by atoms with E-state index in [0.29, 0.717) is 30.6 Å². The molecule has 3 rings (SSSR count). The molecule has 1 saturated heterocycles. The van der Waals surface area contributed by atoms with Crippen LogP contribution < -0.4 is 5.32 Å². The van der Waals surface area contributed by atoms with Crippen molar-refractivity contribution in [3.05, 3.63) is 41.6 Å². The molecule has 0 radical (unpaired) electrons. The SMILES string of the molecule is CC(=O)N[C@H]1CCN(C(=O)c2cccc(-c3cc(C(F)(F)F)[nH]n3)c2)C1. The zero-order valence-electron chi connectivity index (χ0n) is 13.9. The number of alkyl halides is 3. The minimum atomic E-state index is -4.51. The van der Waals surface area contributed by atoms with Gasteiger partial charge in [0.05, 0.1) is 5.69 Å². The number of nitrogens with one attached hydrogen (secondary N) is 2. The molecule has 2 amide bonds. The lowest BCUT2D eigenvalue weighted by molar-refractivity contribution is -0.141. The summed E-state index contributed by atoms with van der Waals surface area (Å²) in [6.45, 7) is 2.34. The number of halogens is 3. The van der Waals surface area contributed by atoms with E-state index in [-0.39, 0.29) is 23.6 Å². The van der Waals surface area contributed by atoms with Crippen LogP contribution in [0.2, 0.25) is 0 Å². The Balaban J connectivity index is 1.76. The standard InChI is InChI=1S/C17H17F3N4O2/c1-10(25)21-13-5-6-24(9-13)16(26)12-4-2-3-11(7-12)14-8-15(23-22-14)17(18,19)20/h2-4,7-8,13H,5-6,9H2,1H3,(H,21,25)(H,22,23)/t13-/m0/s1. The Morgan fingerprint density at radius 1 is 1.31 bits per heavy atom. The van der Waals surface area contributed by atoms with E-state index in [1.807, 2.05) is 5.10 Å². The van der Waals surface area contributed by atoms with E-state index in [1.54, 1.807) is 23.1 Å². The number of likely N-dealkylation sites (tertiary alicyclic amines) is 1. The maximum Gasteiger partial charge on any atom is 0.432 e. The number of hydrogen-bond donors (Lipinski definition) is 2. The predicted octanol–water partition coefficient (Wildman–Crippen LogP) is 2.45. The first-order valence-corrected chi connectivity index (χ1v) is 8.03. The minimum Gasteiger partial charge on any atom is -0.352 e. The van der Waals surface area contributed by atoms with Crippen LogP contribution >= 0.6 is 0 Å². The van der Waals surface area contributed by atoms with Crippen LogP contribution in [0, 0.1) is 0 Å². The quantitative estimate of drug-likeness (QED) is 0.876. The second-order valence-electron chi connectivity index (χ2n) is 6.18. The molecule has 26 heavy (non-hydrogen) atoms. The van der Waals surface area contributed by atoms with Crippen molar-refractivity contribution in [1.82, 2.24) is 20.4 Å². The van der Waals surface area contributed by atoms with Gasteiger partial charge in [0.1, 0.15) is 5.69 Å². The molecule has 6 nitrogen and oxygen atoms in total. The summed E-state index contributed by atoms with van der Waals surface area (Å²) in [5.74, 6) is -0.378. The van der Waals surface area contributed by atoms with Gasteiger partial charge in [-0.1, -0.05) is 12.1 Å². The van der Waals surface area contributed by atoms with Gasteiger partial charge < -0.3 is 10.2 Å². The summed E-state index contributed by atoms with van der Waals surface area (Å²) in [6.07, 6.45) is -3.84. The van der Waals surface area contributed by atoms with Gasteiger partial charge >= 0.3 is 6.18 Å². The average molecular weight is 366 g/mol. The highest BCUT2D eigenvalue weighted by Crippen LogP contribution is 2.30. The van der Waals surface area contributed by atoms with Crippen molar-refractivity contribution in [2.75, 3.05) is 13.1 Å². The molecule has 0 aliphatic carbocycles. The van der Waals surface area contributed by atoms with Crippen LogP contribution in [-0.2, 0) is 11.0 Å². The van der Waals surface area contributed by atoms with Crippen molar-refractivity contribution in [2.24, 2.45) is 0 Å². The number of rotatable bonds is 3. The second kappa shape index (κ2) is 6.81. The van der Waals surface area contributed by atoms with Crippen molar-refractivity contribution >= 4 is 11.8 Å². The molecular weight excluding hydrogens is 349 g/mol. The maximum absolute atomic E-state index is 12.7. The van der Waals surface area contributed by atoms with Crippen LogP contribution in [0.5, 0.6) is 0 Å². The average Bonchev–Trinajstić information content (AvgIpc) is 3.22. The summed E-state index contributed by atoms with van der Waals surface area (Å²) in [6, 6.07) is 7.15. The molecule has 1 aromatic carbocycles. The van der Waals surface area contributed by atoms with Crippen LogP contribution in [-0.4, -0.2) is 46.0 Å². The van der Waals surface area contributed by atoms with Crippen molar-refractivity contribution in [1.29, 1.82) is 0 Å².